The van der Waals surface area contributed by atoms with Crippen molar-refractivity contribution < 1.29 is 14.3 Å². The summed E-state index contributed by atoms with van der Waals surface area (Å²) in [5, 5.41) is 0. The van der Waals surface area contributed by atoms with Crippen molar-refractivity contribution in [1.82, 2.24) is 0 Å². The molecule has 0 aromatic carbocycles. The third kappa shape index (κ3) is 13.7. The number of aliphatic imine (C=N–C) groups is 1. The van der Waals surface area contributed by atoms with Crippen molar-refractivity contribution in [2.24, 2.45) is 4.99 Å². The van der Waals surface area contributed by atoms with Crippen LogP contribution >= 0.6 is 0 Å². The van der Waals surface area contributed by atoms with Crippen molar-refractivity contribution in [3.8, 4) is 0 Å². The normalized spacial score (nSPS) is 15.4. The molecule has 1 heterocycles. The lowest BCUT2D eigenvalue weighted by Gasteiger charge is -2.07. The quantitative estimate of drug-likeness (QED) is 0.210. The summed E-state index contributed by atoms with van der Waals surface area (Å²) < 4.78 is 10.3. The predicted octanol–water partition coefficient (Wildman–Crippen LogP) is 6.61. The Morgan fingerprint density at radius 1 is 0.852 bits per heavy atom. The van der Waals surface area contributed by atoms with E-state index < -0.39 is 0 Å². The molecule has 1 aliphatic heterocycles. The van der Waals surface area contributed by atoms with Gasteiger partial charge in [-0.2, -0.15) is 0 Å². The van der Waals surface area contributed by atoms with Crippen LogP contribution in [0.2, 0.25) is 0 Å². The molecule has 0 N–H and O–H groups in total. The van der Waals surface area contributed by atoms with Gasteiger partial charge in [-0.05, 0) is 26.7 Å². The molecule has 158 valence electrons. The molecule has 1 rings (SSSR count). The minimum Gasteiger partial charge on any atom is -0.478 e. The fourth-order valence-electron chi connectivity index (χ4n) is 3.56. The van der Waals surface area contributed by atoms with E-state index in [0.29, 0.717) is 6.42 Å². The fourth-order valence-corrected chi connectivity index (χ4v) is 3.56. The van der Waals surface area contributed by atoms with E-state index in [1.807, 2.05) is 0 Å². The number of carbonyl (C=O) groups excluding carboxylic acids is 1. The van der Waals surface area contributed by atoms with Gasteiger partial charge in [0, 0.05) is 12.8 Å². The minimum absolute atomic E-state index is 0.000166. The van der Waals surface area contributed by atoms with Gasteiger partial charge in [0.1, 0.15) is 6.61 Å². The van der Waals surface area contributed by atoms with Gasteiger partial charge in [-0.15, -0.1) is 0 Å². The van der Waals surface area contributed by atoms with Gasteiger partial charge in [0.05, 0.1) is 12.6 Å². The van der Waals surface area contributed by atoms with Crippen LogP contribution in [0.3, 0.4) is 0 Å². The van der Waals surface area contributed by atoms with Crippen LogP contribution in [0.5, 0.6) is 0 Å². The first-order valence-corrected chi connectivity index (χ1v) is 11.3. The van der Waals surface area contributed by atoms with Gasteiger partial charge in [-0.25, -0.2) is 4.99 Å². The van der Waals surface area contributed by atoms with Gasteiger partial charge in [0.25, 0.3) is 0 Å². The van der Waals surface area contributed by atoms with Crippen LogP contribution in [0, 0.1) is 0 Å². The van der Waals surface area contributed by atoms with Crippen LogP contribution in [0.25, 0.3) is 0 Å². The van der Waals surface area contributed by atoms with Crippen LogP contribution in [0.1, 0.15) is 117 Å². The standard InChI is InChI=1S/C23H43NO3/c1-23(2)20-27-21(24-23)18-16-14-12-10-8-6-4-5-7-9-11-13-15-17-19-22(25)26-3/h4-20H2,1-3H3. The fraction of sp³-hybridized carbons (Fsp3) is 0.913. The Balaban J connectivity index is 1.73. The molecule has 0 amide bonds. The van der Waals surface area contributed by atoms with E-state index >= 15 is 0 Å². The summed E-state index contributed by atoms with van der Waals surface area (Å²) in [4.78, 5) is 15.6. The highest BCUT2D eigenvalue weighted by molar-refractivity contribution is 5.78. The highest BCUT2D eigenvalue weighted by atomic mass is 16.5. The van der Waals surface area contributed by atoms with E-state index in [1.54, 1.807) is 0 Å². The molecule has 0 atom stereocenters. The first-order chi connectivity index (χ1) is 13.0. The molecule has 0 saturated heterocycles. The maximum Gasteiger partial charge on any atom is 0.305 e. The summed E-state index contributed by atoms with van der Waals surface area (Å²) >= 11 is 0. The Morgan fingerprint density at radius 2 is 1.30 bits per heavy atom. The zero-order valence-corrected chi connectivity index (χ0v) is 18.2. The summed E-state index contributed by atoms with van der Waals surface area (Å²) in [6.45, 7) is 5.01. The van der Waals surface area contributed by atoms with Crippen LogP contribution in [-0.2, 0) is 14.3 Å². The second-order valence-electron chi connectivity index (χ2n) is 8.63. The Morgan fingerprint density at radius 3 is 1.70 bits per heavy atom. The van der Waals surface area contributed by atoms with Crippen LogP contribution < -0.4 is 0 Å². The number of hydrogen-bond donors (Lipinski definition) is 0. The van der Waals surface area contributed by atoms with Gasteiger partial charge in [0.2, 0.25) is 0 Å². The van der Waals surface area contributed by atoms with Gasteiger partial charge in [-0.3, -0.25) is 4.79 Å². The van der Waals surface area contributed by atoms with E-state index in [0.717, 1.165) is 31.8 Å². The zero-order valence-electron chi connectivity index (χ0n) is 18.2. The Kier molecular flexibility index (Phi) is 13.3. The van der Waals surface area contributed by atoms with Crippen molar-refractivity contribution in [2.75, 3.05) is 13.7 Å². The number of methoxy groups -OCH3 is 1. The Bertz CT molecular complexity index is 418. The average molecular weight is 382 g/mol. The van der Waals surface area contributed by atoms with Gasteiger partial charge >= 0.3 is 5.97 Å². The van der Waals surface area contributed by atoms with E-state index in [9.17, 15) is 4.79 Å². The second-order valence-corrected chi connectivity index (χ2v) is 8.63. The lowest BCUT2D eigenvalue weighted by Crippen LogP contribution is -2.17. The molecule has 0 aromatic rings. The van der Waals surface area contributed by atoms with E-state index in [1.165, 1.54) is 84.2 Å². The summed E-state index contributed by atoms with van der Waals surface area (Å²) in [5.41, 5.74) is -0.000166. The third-order valence-electron chi connectivity index (χ3n) is 5.27. The van der Waals surface area contributed by atoms with Crippen LogP contribution in [0.4, 0.5) is 0 Å². The SMILES string of the molecule is COC(=O)CCCCCCCCCCCCCCCCC1=NC(C)(C)CO1. The molecule has 4 nitrogen and oxygen atoms in total. The molecule has 1 aliphatic rings. The lowest BCUT2D eigenvalue weighted by atomic mass is 10.0. The van der Waals surface area contributed by atoms with Crippen molar-refractivity contribution in [2.45, 2.75) is 122 Å². The molecule has 0 saturated carbocycles. The molecule has 4 heteroatoms. The van der Waals surface area contributed by atoms with Gasteiger partial charge in [0.15, 0.2) is 5.90 Å². The van der Waals surface area contributed by atoms with Crippen molar-refractivity contribution >= 4 is 11.9 Å². The molecule has 0 unspecified atom stereocenters. The third-order valence-corrected chi connectivity index (χ3v) is 5.27. The van der Waals surface area contributed by atoms with E-state index in [4.69, 9.17) is 4.74 Å². The van der Waals surface area contributed by atoms with Crippen LogP contribution in [0.15, 0.2) is 4.99 Å². The number of carbonyl (C=O) groups is 1. The average Bonchev–Trinajstić information content (AvgIpc) is 2.99. The molecular formula is C23H43NO3. The highest BCUT2D eigenvalue weighted by Gasteiger charge is 2.25. The summed E-state index contributed by atoms with van der Waals surface area (Å²) in [7, 11) is 1.46. The number of hydrogen-bond acceptors (Lipinski definition) is 4. The lowest BCUT2D eigenvalue weighted by molar-refractivity contribution is -0.140. The molecule has 0 aliphatic carbocycles. The highest BCUT2D eigenvalue weighted by Crippen LogP contribution is 2.20. The first kappa shape index (κ1) is 24.0. The smallest absolute Gasteiger partial charge is 0.305 e. The maximum absolute atomic E-state index is 11.0. The van der Waals surface area contributed by atoms with E-state index in [2.05, 4.69) is 23.6 Å². The van der Waals surface area contributed by atoms with Gasteiger partial charge < -0.3 is 9.47 Å². The van der Waals surface area contributed by atoms with Crippen LogP contribution in [-0.4, -0.2) is 31.1 Å². The van der Waals surface area contributed by atoms with Crippen molar-refractivity contribution in [1.29, 1.82) is 0 Å². The number of ether oxygens (including phenoxy) is 2. The molecular weight excluding hydrogens is 338 g/mol. The first-order valence-electron chi connectivity index (χ1n) is 11.3. The Labute approximate surface area is 167 Å². The zero-order chi connectivity index (χ0) is 19.8. The summed E-state index contributed by atoms with van der Waals surface area (Å²) in [6, 6.07) is 0. The topological polar surface area (TPSA) is 47.9 Å². The van der Waals surface area contributed by atoms with Gasteiger partial charge in [-0.1, -0.05) is 77.0 Å². The number of nitrogens with zero attached hydrogens (tertiary/aromatic N) is 1. The molecule has 0 fully saturated rings. The Hall–Kier alpha value is -1.06. The molecule has 0 radical (unpaired) electrons. The summed E-state index contributed by atoms with van der Waals surface area (Å²) in [6.07, 6.45) is 19.8. The second kappa shape index (κ2) is 14.9. The molecule has 0 spiro atoms. The molecule has 27 heavy (non-hydrogen) atoms. The van der Waals surface area contributed by atoms with E-state index in [-0.39, 0.29) is 11.5 Å². The largest absolute Gasteiger partial charge is 0.478 e. The monoisotopic (exact) mass is 381 g/mol. The summed E-state index contributed by atoms with van der Waals surface area (Å²) in [5.74, 6) is 0.903. The predicted molar refractivity (Wildman–Crippen MR) is 113 cm³/mol. The number of unbranched alkanes of at least 4 members (excludes halogenated alkanes) is 13. The van der Waals surface area contributed by atoms with Crippen molar-refractivity contribution in [3.63, 3.8) is 0 Å². The molecule has 0 aromatic heterocycles. The molecule has 0 bridgehead atoms. The number of rotatable bonds is 17. The maximum atomic E-state index is 11.0. The van der Waals surface area contributed by atoms with Crippen molar-refractivity contribution in [3.05, 3.63) is 0 Å². The number of esters is 1. The minimum atomic E-state index is -0.0729.